The van der Waals surface area contributed by atoms with Crippen molar-refractivity contribution in [1.29, 1.82) is 5.41 Å². The predicted octanol–water partition coefficient (Wildman–Crippen LogP) is 2.03. The van der Waals surface area contributed by atoms with E-state index in [4.69, 9.17) is 20.6 Å². The van der Waals surface area contributed by atoms with Crippen molar-refractivity contribution in [2.24, 2.45) is 5.73 Å². The van der Waals surface area contributed by atoms with Crippen LogP contribution in [0.25, 0.3) is 5.95 Å². The van der Waals surface area contributed by atoms with Crippen LogP contribution in [0.1, 0.15) is 28.4 Å². The molecule has 0 saturated heterocycles. The number of nitrogens with one attached hydrogen (secondary N) is 2. The molecule has 0 amide bonds. The maximum absolute atomic E-state index is 12.7. The van der Waals surface area contributed by atoms with E-state index in [2.05, 4.69) is 20.1 Å². The fourth-order valence-corrected chi connectivity index (χ4v) is 3.49. The number of hydrogen-bond acceptors (Lipinski definition) is 7. The molecule has 0 bridgehead atoms. The van der Waals surface area contributed by atoms with E-state index in [9.17, 15) is 4.79 Å². The van der Waals surface area contributed by atoms with Crippen molar-refractivity contribution >= 4 is 5.84 Å². The molecule has 168 valence electrons. The molecule has 0 aliphatic heterocycles. The lowest BCUT2D eigenvalue weighted by Gasteiger charge is -2.17. The van der Waals surface area contributed by atoms with Crippen LogP contribution in [0.5, 0.6) is 11.5 Å². The highest BCUT2D eigenvalue weighted by atomic mass is 16.5. The number of nitrogens with zero attached hydrogens (tertiary/aromatic N) is 4. The molecule has 0 aliphatic carbocycles. The summed E-state index contributed by atoms with van der Waals surface area (Å²) in [5, 5.41) is 12.1. The zero-order valence-corrected chi connectivity index (χ0v) is 18.1. The topological polar surface area (TPSA) is 145 Å². The minimum atomic E-state index is -0.442. The largest absolute Gasteiger partial charge is 0.497 e. The Labute approximate surface area is 189 Å². The molecule has 2 aromatic heterocycles. The number of nitrogens with two attached hydrogens (primary N) is 1. The van der Waals surface area contributed by atoms with Crippen molar-refractivity contribution in [3.05, 3.63) is 93.9 Å². The summed E-state index contributed by atoms with van der Waals surface area (Å²) in [4.78, 5) is 23.8. The third kappa shape index (κ3) is 4.74. The van der Waals surface area contributed by atoms with Gasteiger partial charge in [0, 0.05) is 29.9 Å². The summed E-state index contributed by atoms with van der Waals surface area (Å²) in [5.41, 5.74) is 7.59. The van der Waals surface area contributed by atoms with E-state index >= 15 is 0 Å². The zero-order valence-electron chi connectivity index (χ0n) is 18.1. The maximum atomic E-state index is 12.7. The van der Waals surface area contributed by atoms with Crippen LogP contribution >= 0.6 is 0 Å². The molecule has 0 radical (unpaired) electrons. The van der Waals surface area contributed by atoms with Gasteiger partial charge in [-0.05, 0) is 35.7 Å². The van der Waals surface area contributed by atoms with E-state index in [-0.39, 0.29) is 17.7 Å². The molecule has 0 aliphatic rings. The maximum Gasteiger partial charge on any atom is 0.350 e. The second-order valence-corrected chi connectivity index (χ2v) is 7.29. The number of aromatic amines is 1. The van der Waals surface area contributed by atoms with Gasteiger partial charge < -0.3 is 15.2 Å². The first-order valence-corrected chi connectivity index (χ1v) is 10.1. The number of benzene rings is 2. The number of amidine groups is 1. The van der Waals surface area contributed by atoms with Gasteiger partial charge in [-0.1, -0.05) is 24.3 Å². The van der Waals surface area contributed by atoms with E-state index in [0.29, 0.717) is 29.3 Å². The Morgan fingerprint density at radius 2 is 1.73 bits per heavy atom. The fraction of sp³-hybridized carbons (Fsp3) is 0.174. The van der Waals surface area contributed by atoms with Crippen LogP contribution in [0.15, 0.2) is 65.7 Å². The molecule has 4 rings (SSSR count). The van der Waals surface area contributed by atoms with Crippen molar-refractivity contribution in [3.63, 3.8) is 0 Å². The number of rotatable bonds is 8. The Morgan fingerprint density at radius 3 is 2.30 bits per heavy atom. The SMILES string of the molecule is COc1cc(OC)cc(C(Cc2ccc(C(=N)N)cc2)c2nn(-c3ncccn3)c(=O)[nH]2)c1. The van der Waals surface area contributed by atoms with E-state index in [1.54, 1.807) is 50.9 Å². The summed E-state index contributed by atoms with van der Waals surface area (Å²) in [7, 11) is 3.16. The lowest BCUT2D eigenvalue weighted by molar-refractivity contribution is 0.393. The minimum Gasteiger partial charge on any atom is -0.497 e. The summed E-state index contributed by atoms with van der Waals surface area (Å²) in [5.74, 6) is 1.52. The van der Waals surface area contributed by atoms with E-state index in [0.717, 1.165) is 15.8 Å². The lowest BCUT2D eigenvalue weighted by atomic mass is 9.90. The molecule has 10 heteroatoms. The van der Waals surface area contributed by atoms with Crippen molar-refractivity contribution in [2.45, 2.75) is 12.3 Å². The van der Waals surface area contributed by atoms with Crippen LogP contribution in [-0.4, -0.2) is 44.8 Å². The molecule has 0 fully saturated rings. The quantitative estimate of drug-likeness (QED) is 0.278. The van der Waals surface area contributed by atoms with Crippen molar-refractivity contribution in [3.8, 4) is 17.4 Å². The van der Waals surface area contributed by atoms with E-state index < -0.39 is 5.69 Å². The monoisotopic (exact) mass is 445 g/mol. The standard InChI is InChI=1S/C23H23N7O3/c1-32-17-11-16(12-18(13-17)33-2)19(10-14-4-6-15(7-5-14)20(24)25)21-28-23(31)30(29-21)22-26-8-3-9-27-22/h3-9,11-13,19H,10H2,1-2H3,(H3,24,25)(H,28,29,31). The third-order valence-corrected chi connectivity index (χ3v) is 5.19. The average Bonchev–Trinajstić information content (AvgIpc) is 3.24. The smallest absolute Gasteiger partial charge is 0.350 e. The first-order valence-electron chi connectivity index (χ1n) is 10.1. The van der Waals surface area contributed by atoms with Crippen molar-refractivity contribution in [2.75, 3.05) is 14.2 Å². The van der Waals surface area contributed by atoms with Gasteiger partial charge >= 0.3 is 5.69 Å². The Morgan fingerprint density at radius 1 is 1.09 bits per heavy atom. The van der Waals surface area contributed by atoms with Gasteiger partial charge in [0.1, 0.15) is 23.2 Å². The minimum absolute atomic E-state index is 0.00145. The average molecular weight is 445 g/mol. The number of H-pyrrole nitrogens is 1. The van der Waals surface area contributed by atoms with Gasteiger partial charge in [-0.15, -0.1) is 9.78 Å². The van der Waals surface area contributed by atoms with Gasteiger partial charge in [-0.3, -0.25) is 10.4 Å². The van der Waals surface area contributed by atoms with Gasteiger partial charge in [-0.25, -0.2) is 14.8 Å². The summed E-state index contributed by atoms with van der Waals surface area (Å²) < 4.78 is 12.0. The zero-order chi connectivity index (χ0) is 23.4. The van der Waals surface area contributed by atoms with Crippen molar-refractivity contribution in [1.82, 2.24) is 24.7 Å². The van der Waals surface area contributed by atoms with Crippen LogP contribution in [-0.2, 0) is 6.42 Å². The molecule has 4 N–H and O–H groups in total. The predicted molar refractivity (Wildman–Crippen MR) is 122 cm³/mol. The Bertz CT molecular complexity index is 1290. The summed E-state index contributed by atoms with van der Waals surface area (Å²) >= 11 is 0. The molecule has 0 saturated carbocycles. The molecule has 2 heterocycles. The van der Waals surface area contributed by atoms with Crippen LogP contribution in [0.2, 0.25) is 0 Å². The van der Waals surface area contributed by atoms with Crippen LogP contribution in [0, 0.1) is 5.41 Å². The summed E-state index contributed by atoms with van der Waals surface area (Å²) in [6.07, 6.45) is 3.60. The number of nitrogen functional groups attached to an aromatic ring is 1. The molecule has 10 nitrogen and oxygen atoms in total. The molecular formula is C23H23N7O3. The van der Waals surface area contributed by atoms with E-state index in [1.807, 2.05) is 24.3 Å². The Balaban J connectivity index is 1.80. The van der Waals surface area contributed by atoms with Gasteiger partial charge in [0.15, 0.2) is 0 Å². The number of aromatic nitrogens is 5. The molecule has 2 aromatic carbocycles. The van der Waals surface area contributed by atoms with Gasteiger partial charge in [0.2, 0.25) is 0 Å². The van der Waals surface area contributed by atoms with Crippen molar-refractivity contribution < 1.29 is 9.47 Å². The molecule has 4 aromatic rings. The number of ether oxygens (including phenoxy) is 2. The highest BCUT2D eigenvalue weighted by Crippen LogP contribution is 2.32. The van der Waals surface area contributed by atoms with Crippen LogP contribution < -0.4 is 20.9 Å². The second kappa shape index (κ2) is 9.35. The van der Waals surface area contributed by atoms with E-state index in [1.165, 1.54) is 0 Å². The normalized spacial score (nSPS) is 11.7. The Kier molecular flexibility index (Phi) is 6.16. The summed E-state index contributed by atoms with van der Waals surface area (Å²) in [6.45, 7) is 0. The third-order valence-electron chi connectivity index (χ3n) is 5.19. The van der Waals surface area contributed by atoms with Gasteiger partial charge in [0.05, 0.1) is 14.2 Å². The highest BCUT2D eigenvalue weighted by molar-refractivity contribution is 5.94. The lowest BCUT2D eigenvalue weighted by Crippen LogP contribution is -2.18. The Hall–Kier alpha value is -4.47. The second-order valence-electron chi connectivity index (χ2n) is 7.29. The number of hydrogen-bond donors (Lipinski definition) is 3. The first-order chi connectivity index (χ1) is 16.0. The molecule has 1 atom stereocenters. The molecule has 0 spiro atoms. The number of methoxy groups -OCH3 is 2. The summed E-state index contributed by atoms with van der Waals surface area (Å²) in [6, 6.07) is 14.6. The fourth-order valence-electron chi connectivity index (χ4n) is 3.49. The molecule has 33 heavy (non-hydrogen) atoms. The highest BCUT2D eigenvalue weighted by Gasteiger charge is 2.23. The van der Waals surface area contributed by atoms with Crippen LogP contribution in [0.3, 0.4) is 0 Å². The molecular weight excluding hydrogens is 422 g/mol. The van der Waals surface area contributed by atoms with Crippen LogP contribution in [0.4, 0.5) is 0 Å². The van der Waals surface area contributed by atoms with Gasteiger partial charge in [0.25, 0.3) is 5.95 Å². The molecule has 1 unspecified atom stereocenters. The van der Waals surface area contributed by atoms with Gasteiger partial charge in [-0.2, -0.15) is 0 Å². The first kappa shape index (κ1) is 21.8.